The Kier molecular flexibility index (Phi) is 6.08. The first-order chi connectivity index (χ1) is 11.9. The molecule has 0 fully saturated rings. The molecule has 0 saturated carbocycles. The van der Waals surface area contributed by atoms with Gasteiger partial charge in [0.15, 0.2) is 0 Å². The maximum Gasteiger partial charge on any atom is 0.470 e. The first-order valence-corrected chi connectivity index (χ1v) is 8.66. The predicted molar refractivity (Wildman–Crippen MR) is 87.3 cm³/mol. The van der Waals surface area contributed by atoms with E-state index >= 15 is 0 Å². The summed E-state index contributed by atoms with van der Waals surface area (Å²) < 4.78 is 47.8. The molecule has 0 N–H and O–H groups in total. The van der Waals surface area contributed by atoms with Crippen LogP contribution in [0.25, 0.3) is 0 Å². The number of nitrogens with zero attached hydrogens (tertiary/aromatic N) is 4. The van der Waals surface area contributed by atoms with Gasteiger partial charge in [0.1, 0.15) is 0 Å². The number of rotatable bonds is 7. The fourth-order valence-corrected chi connectivity index (χ4v) is 2.50. The van der Waals surface area contributed by atoms with E-state index in [9.17, 15) is 13.2 Å². The van der Waals surface area contributed by atoms with Crippen molar-refractivity contribution in [2.45, 2.75) is 72.4 Å². The van der Waals surface area contributed by atoms with Gasteiger partial charge in [0.2, 0.25) is 17.7 Å². The summed E-state index contributed by atoms with van der Waals surface area (Å²) in [6.45, 7) is 10.2. The Labute approximate surface area is 150 Å². The van der Waals surface area contributed by atoms with Crippen molar-refractivity contribution in [3.05, 3.63) is 23.6 Å². The summed E-state index contributed by atoms with van der Waals surface area (Å²) in [6, 6.07) is 0. The lowest BCUT2D eigenvalue weighted by Crippen LogP contribution is -2.09. The molecule has 2 atom stereocenters. The maximum absolute atomic E-state index is 12.5. The van der Waals surface area contributed by atoms with Crippen molar-refractivity contribution in [3.8, 4) is 0 Å². The molecule has 2 aromatic rings. The Morgan fingerprint density at radius 3 is 2.12 bits per heavy atom. The molecule has 0 amide bonds. The highest BCUT2D eigenvalue weighted by atomic mass is 19.4. The normalized spacial score (nSPS) is 15.2. The number of aromatic nitrogens is 4. The van der Waals surface area contributed by atoms with E-state index in [4.69, 9.17) is 4.42 Å². The lowest BCUT2D eigenvalue weighted by atomic mass is 9.92. The summed E-state index contributed by atoms with van der Waals surface area (Å²) in [7, 11) is 0. The van der Waals surface area contributed by atoms with Crippen LogP contribution in [0.15, 0.2) is 8.83 Å². The molecule has 0 aliphatic heterocycles. The van der Waals surface area contributed by atoms with Gasteiger partial charge in [-0.1, -0.05) is 34.6 Å². The molecule has 0 saturated heterocycles. The number of alkyl halides is 3. The van der Waals surface area contributed by atoms with Gasteiger partial charge in [-0.15, -0.1) is 20.4 Å². The third-order valence-electron chi connectivity index (χ3n) is 3.91. The van der Waals surface area contributed by atoms with E-state index in [1.807, 2.05) is 13.8 Å². The van der Waals surface area contributed by atoms with Gasteiger partial charge in [-0.2, -0.15) is 13.2 Å². The highest BCUT2D eigenvalue weighted by Crippen LogP contribution is 2.29. The average Bonchev–Trinajstić information content (AvgIpc) is 3.12. The van der Waals surface area contributed by atoms with Crippen LogP contribution in [0.5, 0.6) is 0 Å². The fourth-order valence-electron chi connectivity index (χ4n) is 2.50. The summed E-state index contributed by atoms with van der Waals surface area (Å²) in [5, 5.41) is 14.7. The van der Waals surface area contributed by atoms with Gasteiger partial charge in [0.05, 0.1) is 0 Å². The van der Waals surface area contributed by atoms with Gasteiger partial charge in [-0.25, -0.2) is 0 Å². The molecule has 0 aromatic carbocycles. The molecule has 0 aliphatic carbocycles. The van der Waals surface area contributed by atoms with Crippen molar-refractivity contribution < 1.29 is 22.0 Å². The van der Waals surface area contributed by atoms with Gasteiger partial charge >= 0.3 is 12.1 Å². The monoisotopic (exact) mass is 374 g/mol. The molecule has 26 heavy (non-hydrogen) atoms. The molecule has 2 unspecified atom stereocenters. The van der Waals surface area contributed by atoms with Crippen LogP contribution in [0.4, 0.5) is 13.2 Å². The lowest BCUT2D eigenvalue weighted by Gasteiger charge is -2.14. The Bertz CT molecular complexity index is 703. The maximum atomic E-state index is 12.5. The largest absolute Gasteiger partial charge is 0.470 e. The Morgan fingerprint density at radius 1 is 0.885 bits per heavy atom. The van der Waals surface area contributed by atoms with E-state index < -0.39 is 12.1 Å². The summed E-state index contributed by atoms with van der Waals surface area (Å²) in [4.78, 5) is 0. The van der Waals surface area contributed by atoms with Crippen LogP contribution >= 0.6 is 0 Å². The second-order valence-corrected chi connectivity index (χ2v) is 8.06. The summed E-state index contributed by atoms with van der Waals surface area (Å²) >= 11 is 0. The Morgan fingerprint density at radius 2 is 1.54 bits per heavy atom. The van der Waals surface area contributed by atoms with Crippen LogP contribution in [0, 0.1) is 11.3 Å². The number of hydrogen-bond acceptors (Lipinski definition) is 6. The molecule has 0 aliphatic rings. The minimum absolute atomic E-state index is 0.00253. The van der Waals surface area contributed by atoms with Crippen molar-refractivity contribution >= 4 is 0 Å². The predicted octanol–water partition coefficient (Wildman–Crippen LogP) is 4.82. The molecule has 0 bridgehead atoms. The first-order valence-electron chi connectivity index (χ1n) is 8.66. The summed E-state index contributed by atoms with van der Waals surface area (Å²) in [6.07, 6.45) is -2.05. The topological polar surface area (TPSA) is 77.8 Å². The van der Waals surface area contributed by atoms with E-state index in [1.165, 1.54) is 0 Å². The minimum Gasteiger partial charge on any atom is -0.425 e. The zero-order valence-corrected chi connectivity index (χ0v) is 15.7. The summed E-state index contributed by atoms with van der Waals surface area (Å²) in [5.41, 5.74) is 0.0703. The number of halogens is 3. The van der Waals surface area contributed by atoms with E-state index in [2.05, 4.69) is 45.6 Å². The van der Waals surface area contributed by atoms with Crippen molar-refractivity contribution in [1.29, 1.82) is 0 Å². The summed E-state index contributed by atoms with van der Waals surface area (Å²) in [5.74, 6) is 0.0858. The quantitative estimate of drug-likeness (QED) is 0.691. The van der Waals surface area contributed by atoms with Crippen LogP contribution in [0.2, 0.25) is 0 Å². The molecular formula is C17H25F3N4O2. The Balaban J connectivity index is 1.83. The molecule has 0 radical (unpaired) electrons. The highest BCUT2D eigenvalue weighted by Gasteiger charge is 2.38. The van der Waals surface area contributed by atoms with E-state index in [0.717, 1.165) is 12.8 Å². The van der Waals surface area contributed by atoms with Gasteiger partial charge in [-0.3, -0.25) is 0 Å². The third kappa shape index (κ3) is 6.10. The van der Waals surface area contributed by atoms with Crippen molar-refractivity contribution in [2.24, 2.45) is 11.3 Å². The number of hydrogen-bond donors (Lipinski definition) is 0. The molecule has 0 spiro atoms. The molecule has 2 aromatic heterocycles. The third-order valence-corrected chi connectivity index (χ3v) is 3.91. The van der Waals surface area contributed by atoms with Crippen LogP contribution in [-0.4, -0.2) is 20.4 Å². The van der Waals surface area contributed by atoms with Crippen molar-refractivity contribution in [1.82, 2.24) is 20.4 Å². The molecule has 6 nitrogen and oxygen atoms in total. The average molecular weight is 374 g/mol. The van der Waals surface area contributed by atoms with Gasteiger partial charge < -0.3 is 8.83 Å². The molecular weight excluding hydrogens is 349 g/mol. The van der Waals surface area contributed by atoms with Crippen LogP contribution < -0.4 is 0 Å². The van der Waals surface area contributed by atoms with Gasteiger partial charge in [0.25, 0.3) is 0 Å². The molecule has 146 valence electrons. The van der Waals surface area contributed by atoms with Gasteiger partial charge in [0, 0.05) is 18.8 Å². The zero-order chi connectivity index (χ0) is 19.5. The smallest absolute Gasteiger partial charge is 0.425 e. The van der Waals surface area contributed by atoms with Crippen LogP contribution in [0.3, 0.4) is 0 Å². The van der Waals surface area contributed by atoms with E-state index in [1.54, 1.807) is 0 Å². The van der Waals surface area contributed by atoms with Gasteiger partial charge in [-0.05, 0) is 24.2 Å². The van der Waals surface area contributed by atoms with E-state index in [0.29, 0.717) is 24.6 Å². The van der Waals surface area contributed by atoms with Crippen molar-refractivity contribution in [2.75, 3.05) is 0 Å². The van der Waals surface area contributed by atoms with Crippen LogP contribution in [-0.2, 0) is 19.0 Å². The van der Waals surface area contributed by atoms with E-state index in [-0.39, 0.29) is 23.1 Å². The SMILES string of the molecule is CC(CCC(C)c1nnc(CC(C)(C)C)o1)Cc1nnc(C(F)(F)F)o1. The highest BCUT2D eigenvalue weighted by molar-refractivity contribution is 4.92. The first kappa shape index (κ1) is 20.4. The Hall–Kier alpha value is -1.93. The van der Waals surface area contributed by atoms with Crippen molar-refractivity contribution in [3.63, 3.8) is 0 Å². The zero-order valence-electron chi connectivity index (χ0n) is 15.7. The van der Waals surface area contributed by atoms with Crippen LogP contribution in [0.1, 0.15) is 76.9 Å². The molecule has 2 rings (SSSR count). The molecule has 2 heterocycles. The fraction of sp³-hybridized carbons (Fsp3) is 0.765. The minimum atomic E-state index is -4.61. The second kappa shape index (κ2) is 7.75. The molecule has 9 heteroatoms. The lowest BCUT2D eigenvalue weighted by molar-refractivity contribution is -0.157. The second-order valence-electron chi connectivity index (χ2n) is 8.06. The standard InChI is InChI=1S/C17H25F3N4O2/c1-10(8-12-21-24-15(26-12)17(18,19)20)6-7-11(2)14-23-22-13(25-14)9-16(3,4)5/h10-11H,6-9H2,1-5H3.